The van der Waals surface area contributed by atoms with Gasteiger partial charge in [0.25, 0.3) is 0 Å². The maximum atomic E-state index is 12.0. The van der Waals surface area contributed by atoms with Gasteiger partial charge in [0.05, 0.1) is 15.5 Å². The van der Waals surface area contributed by atoms with Crippen molar-refractivity contribution in [1.29, 1.82) is 0 Å². The normalized spacial score (nSPS) is 11.5. The highest BCUT2D eigenvalue weighted by molar-refractivity contribution is 7.98. The largest absolute Gasteiger partial charge is 0.478 e. The standard InChI is InChI=1S/C12H16ClNO4S2/c1-19-7-3-2-6-14-20(17,18)9-4-5-10(12(15)16)11(13)8-9/h4-5,8,14H,2-3,6-7H2,1H3,(H,15,16). The van der Waals surface area contributed by atoms with Crippen LogP contribution in [0.25, 0.3) is 0 Å². The van der Waals surface area contributed by atoms with Crippen molar-refractivity contribution >= 4 is 39.4 Å². The van der Waals surface area contributed by atoms with Crippen LogP contribution in [0, 0.1) is 0 Å². The number of benzene rings is 1. The molecule has 0 aliphatic carbocycles. The smallest absolute Gasteiger partial charge is 0.337 e. The van der Waals surface area contributed by atoms with E-state index >= 15 is 0 Å². The Morgan fingerprint density at radius 1 is 1.40 bits per heavy atom. The molecule has 20 heavy (non-hydrogen) atoms. The lowest BCUT2D eigenvalue weighted by Gasteiger charge is -2.08. The summed E-state index contributed by atoms with van der Waals surface area (Å²) in [6, 6.07) is 3.57. The molecule has 0 aliphatic rings. The maximum Gasteiger partial charge on any atom is 0.337 e. The predicted molar refractivity (Wildman–Crippen MR) is 81.2 cm³/mol. The number of aromatic carboxylic acids is 1. The van der Waals surface area contributed by atoms with Gasteiger partial charge >= 0.3 is 5.97 Å². The Morgan fingerprint density at radius 3 is 2.65 bits per heavy atom. The van der Waals surface area contributed by atoms with Gasteiger partial charge in [0.2, 0.25) is 10.0 Å². The quantitative estimate of drug-likeness (QED) is 0.712. The number of carboxylic acids is 1. The summed E-state index contributed by atoms with van der Waals surface area (Å²) in [7, 11) is -3.65. The van der Waals surface area contributed by atoms with Crippen LogP contribution in [-0.4, -0.2) is 38.0 Å². The molecule has 0 unspecified atom stereocenters. The van der Waals surface area contributed by atoms with E-state index in [2.05, 4.69) is 4.72 Å². The van der Waals surface area contributed by atoms with Crippen molar-refractivity contribution in [3.05, 3.63) is 28.8 Å². The highest BCUT2D eigenvalue weighted by Gasteiger charge is 2.17. The average molecular weight is 338 g/mol. The van der Waals surface area contributed by atoms with E-state index < -0.39 is 16.0 Å². The second-order valence-corrected chi connectivity index (χ2v) is 7.20. The molecule has 0 amide bonds. The number of unbranched alkanes of at least 4 members (excludes halogenated alkanes) is 1. The fraction of sp³-hybridized carbons (Fsp3) is 0.417. The van der Waals surface area contributed by atoms with Crippen LogP contribution in [0.3, 0.4) is 0 Å². The first-order valence-electron chi connectivity index (χ1n) is 5.90. The topological polar surface area (TPSA) is 83.5 Å². The van der Waals surface area contributed by atoms with Crippen molar-refractivity contribution < 1.29 is 18.3 Å². The molecule has 112 valence electrons. The van der Waals surface area contributed by atoms with Crippen molar-refractivity contribution in [1.82, 2.24) is 4.72 Å². The van der Waals surface area contributed by atoms with Crippen molar-refractivity contribution in [2.24, 2.45) is 0 Å². The van der Waals surface area contributed by atoms with E-state index in [0.717, 1.165) is 24.7 Å². The summed E-state index contributed by atoms with van der Waals surface area (Å²) in [5, 5.41) is 8.74. The lowest BCUT2D eigenvalue weighted by atomic mass is 10.2. The zero-order valence-corrected chi connectivity index (χ0v) is 13.3. The number of thioether (sulfide) groups is 1. The first-order valence-corrected chi connectivity index (χ1v) is 9.15. The molecule has 1 rings (SSSR count). The molecule has 0 fully saturated rings. The summed E-state index contributed by atoms with van der Waals surface area (Å²) in [6.07, 6.45) is 3.68. The number of hydrogen-bond donors (Lipinski definition) is 2. The summed E-state index contributed by atoms with van der Waals surface area (Å²) in [5.41, 5.74) is -0.120. The van der Waals surface area contributed by atoms with Gasteiger partial charge < -0.3 is 5.11 Å². The summed E-state index contributed by atoms with van der Waals surface area (Å²) in [6.45, 7) is 0.348. The maximum absolute atomic E-state index is 12.0. The van der Waals surface area contributed by atoms with E-state index in [1.165, 1.54) is 12.1 Å². The average Bonchev–Trinajstić information content (AvgIpc) is 2.37. The minimum absolute atomic E-state index is 0.0302. The van der Waals surface area contributed by atoms with Crippen LogP contribution in [0.4, 0.5) is 0 Å². The molecule has 0 aliphatic heterocycles. The van der Waals surface area contributed by atoms with Crippen LogP contribution in [0.2, 0.25) is 5.02 Å². The molecule has 5 nitrogen and oxygen atoms in total. The highest BCUT2D eigenvalue weighted by atomic mass is 35.5. The third kappa shape index (κ3) is 4.97. The second-order valence-electron chi connectivity index (χ2n) is 4.04. The molecule has 0 saturated heterocycles. The van der Waals surface area contributed by atoms with Gasteiger partial charge in [0.1, 0.15) is 0 Å². The fourth-order valence-electron chi connectivity index (χ4n) is 1.50. The lowest BCUT2D eigenvalue weighted by Crippen LogP contribution is -2.25. The minimum Gasteiger partial charge on any atom is -0.478 e. The van der Waals surface area contributed by atoms with Crippen LogP contribution >= 0.6 is 23.4 Å². The van der Waals surface area contributed by atoms with Crippen molar-refractivity contribution in [2.45, 2.75) is 17.7 Å². The Hall–Kier alpha value is -0.760. The van der Waals surface area contributed by atoms with E-state index in [1.54, 1.807) is 11.8 Å². The van der Waals surface area contributed by atoms with Crippen LogP contribution < -0.4 is 4.72 Å². The SMILES string of the molecule is CSCCCCNS(=O)(=O)c1ccc(C(=O)O)c(Cl)c1. The first-order chi connectivity index (χ1) is 9.38. The predicted octanol–water partition coefficient (Wildman–Crippen LogP) is 2.46. The van der Waals surface area contributed by atoms with Gasteiger partial charge in [0, 0.05) is 6.54 Å². The fourth-order valence-corrected chi connectivity index (χ4v) is 3.42. The number of carbonyl (C=O) groups is 1. The van der Waals surface area contributed by atoms with E-state index in [9.17, 15) is 13.2 Å². The molecule has 2 N–H and O–H groups in total. The van der Waals surface area contributed by atoms with Crippen LogP contribution in [0.15, 0.2) is 23.1 Å². The molecular weight excluding hydrogens is 322 g/mol. The van der Waals surface area contributed by atoms with E-state index in [4.69, 9.17) is 16.7 Å². The zero-order chi connectivity index (χ0) is 15.2. The van der Waals surface area contributed by atoms with Gasteiger partial charge in [-0.25, -0.2) is 17.9 Å². The Balaban J connectivity index is 2.73. The molecule has 0 bridgehead atoms. The third-order valence-corrected chi connectivity index (χ3v) is 5.02. The Kier molecular flexibility index (Phi) is 6.81. The Morgan fingerprint density at radius 2 is 2.10 bits per heavy atom. The van der Waals surface area contributed by atoms with Crippen molar-refractivity contribution in [3.63, 3.8) is 0 Å². The van der Waals surface area contributed by atoms with Gasteiger partial charge in [0.15, 0.2) is 0 Å². The highest BCUT2D eigenvalue weighted by Crippen LogP contribution is 2.20. The van der Waals surface area contributed by atoms with Gasteiger partial charge in [-0.2, -0.15) is 11.8 Å². The second kappa shape index (κ2) is 7.87. The van der Waals surface area contributed by atoms with Gasteiger partial charge in [-0.05, 0) is 43.0 Å². The van der Waals surface area contributed by atoms with Crippen LogP contribution in [0.1, 0.15) is 23.2 Å². The lowest BCUT2D eigenvalue weighted by molar-refractivity contribution is 0.0697. The summed E-state index contributed by atoms with van der Waals surface area (Å²) in [4.78, 5) is 10.8. The van der Waals surface area contributed by atoms with Crippen molar-refractivity contribution in [3.8, 4) is 0 Å². The zero-order valence-electron chi connectivity index (χ0n) is 10.9. The molecule has 1 aromatic carbocycles. The first kappa shape index (κ1) is 17.3. The molecule has 1 aromatic rings. The summed E-state index contributed by atoms with van der Waals surface area (Å²) < 4.78 is 26.4. The number of hydrogen-bond acceptors (Lipinski definition) is 4. The molecule has 0 aromatic heterocycles. The van der Waals surface area contributed by atoms with Gasteiger partial charge in [-0.3, -0.25) is 0 Å². The number of halogens is 1. The monoisotopic (exact) mass is 337 g/mol. The molecule has 8 heteroatoms. The molecule has 0 saturated carbocycles. The molecular formula is C12H16ClNO4S2. The molecule has 0 spiro atoms. The van der Waals surface area contributed by atoms with Gasteiger partial charge in [-0.1, -0.05) is 11.6 Å². The van der Waals surface area contributed by atoms with E-state index in [0.29, 0.717) is 6.54 Å². The van der Waals surface area contributed by atoms with E-state index in [1.807, 2.05) is 6.26 Å². The summed E-state index contributed by atoms with van der Waals surface area (Å²) in [5.74, 6) is -0.204. The number of sulfonamides is 1. The van der Waals surface area contributed by atoms with Gasteiger partial charge in [-0.15, -0.1) is 0 Å². The summed E-state index contributed by atoms with van der Waals surface area (Å²) >= 11 is 7.47. The third-order valence-electron chi connectivity index (χ3n) is 2.55. The van der Waals surface area contributed by atoms with E-state index in [-0.39, 0.29) is 15.5 Å². The Labute approximate surface area is 127 Å². The molecule has 0 radical (unpaired) electrons. The van der Waals surface area contributed by atoms with Crippen LogP contribution in [0.5, 0.6) is 0 Å². The van der Waals surface area contributed by atoms with Crippen LogP contribution in [-0.2, 0) is 10.0 Å². The minimum atomic E-state index is -3.65. The number of nitrogens with one attached hydrogen (secondary N) is 1. The molecule has 0 heterocycles. The van der Waals surface area contributed by atoms with Crippen molar-refractivity contribution in [2.75, 3.05) is 18.6 Å². The molecule has 0 atom stereocenters. The Bertz CT molecular complexity index is 575. The number of rotatable bonds is 8. The number of carboxylic acid groups (broad SMARTS) is 1.